The van der Waals surface area contributed by atoms with Gasteiger partial charge in [-0.15, -0.1) is 0 Å². The maximum absolute atomic E-state index is 12.2. The summed E-state index contributed by atoms with van der Waals surface area (Å²) in [6.45, 7) is 7.36. The van der Waals surface area contributed by atoms with Crippen molar-refractivity contribution in [3.8, 4) is 0 Å². The van der Waals surface area contributed by atoms with Gasteiger partial charge in [-0.25, -0.2) is 0 Å². The third kappa shape index (κ3) is 6.50. The molecule has 0 unspecified atom stereocenters. The van der Waals surface area contributed by atoms with Gasteiger partial charge in [-0.3, -0.25) is 4.79 Å². The van der Waals surface area contributed by atoms with Gasteiger partial charge in [0, 0.05) is 11.6 Å². The molecule has 5 heteroatoms. The molecule has 0 amide bonds. The quantitative estimate of drug-likeness (QED) is 0.592. The second-order valence-electron chi connectivity index (χ2n) is 6.76. The van der Waals surface area contributed by atoms with E-state index in [1.807, 2.05) is 38.1 Å². The Hall–Kier alpha value is -1.10. The predicted octanol–water partition coefficient (Wildman–Crippen LogP) is 3.14. The van der Waals surface area contributed by atoms with E-state index in [-0.39, 0.29) is 11.9 Å². The number of halogens is 1. The first kappa shape index (κ1) is 18.2. The summed E-state index contributed by atoms with van der Waals surface area (Å²) in [5.74, 6) is 0.00625. The van der Waals surface area contributed by atoms with Crippen LogP contribution in [0, 0.1) is 5.92 Å². The van der Waals surface area contributed by atoms with Crippen LogP contribution in [0.2, 0.25) is 5.02 Å². The van der Waals surface area contributed by atoms with Gasteiger partial charge < -0.3 is 15.4 Å². The lowest BCUT2D eigenvalue weighted by molar-refractivity contribution is -0.163. The third-order valence-electron chi connectivity index (χ3n) is 4.20. The molecule has 0 radical (unpaired) electrons. The van der Waals surface area contributed by atoms with E-state index in [1.54, 1.807) is 0 Å². The van der Waals surface area contributed by atoms with E-state index in [9.17, 15) is 4.79 Å². The van der Waals surface area contributed by atoms with Gasteiger partial charge in [0.1, 0.15) is 5.60 Å². The third-order valence-corrected chi connectivity index (χ3v) is 4.45. The highest BCUT2D eigenvalue weighted by atomic mass is 35.5. The normalized spacial score (nSPS) is 16.3. The van der Waals surface area contributed by atoms with E-state index >= 15 is 0 Å². The summed E-state index contributed by atoms with van der Waals surface area (Å²) >= 11 is 5.87. The van der Waals surface area contributed by atoms with Gasteiger partial charge in [-0.2, -0.15) is 0 Å². The molecular formula is C18H27ClN2O2. The molecule has 0 bridgehead atoms. The lowest BCUT2D eigenvalue weighted by Crippen LogP contribution is -2.38. The summed E-state index contributed by atoms with van der Waals surface area (Å²) in [5.41, 5.74) is 0.758. The van der Waals surface area contributed by atoms with E-state index in [2.05, 4.69) is 10.6 Å². The maximum atomic E-state index is 12.2. The van der Waals surface area contributed by atoms with Crippen molar-refractivity contribution < 1.29 is 9.53 Å². The van der Waals surface area contributed by atoms with Gasteiger partial charge in [-0.1, -0.05) is 23.7 Å². The van der Waals surface area contributed by atoms with Crippen molar-refractivity contribution in [2.45, 2.75) is 45.3 Å². The number of benzene rings is 1. The van der Waals surface area contributed by atoms with E-state index in [4.69, 9.17) is 16.3 Å². The van der Waals surface area contributed by atoms with Gasteiger partial charge >= 0.3 is 5.97 Å². The number of rotatable bonds is 7. The van der Waals surface area contributed by atoms with Crippen molar-refractivity contribution in [3.05, 3.63) is 34.9 Å². The van der Waals surface area contributed by atoms with E-state index in [0.29, 0.717) is 0 Å². The van der Waals surface area contributed by atoms with Crippen LogP contribution >= 0.6 is 11.6 Å². The number of esters is 1. The standard InChI is InChI=1S/C18H27ClN2O2/c1-18(2,23-17(22)15-7-10-20-11-8-15)9-12-21-13-14-3-5-16(19)6-4-14/h3-6,15,20-21H,7-13H2,1-2H3. The van der Waals surface area contributed by atoms with Crippen molar-refractivity contribution in [1.29, 1.82) is 0 Å². The average molecular weight is 339 g/mol. The lowest BCUT2D eigenvalue weighted by atomic mass is 9.97. The Morgan fingerprint density at radius 1 is 1.30 bits per heavy atom. The van der Waals surface area contributed by atoms with Crippen LogP contribution in [-0.2, 0) is 16.1 Å². The fraction of sp³-hybridized carbons (Fsp3) is 0.611. The number of carbonyl (C=O) groups is 1. The van der Waals surface area contributed by atoms with Crippen LogP contribution in [0.15, 0.2) is 24.3 Å². The van der Waals surface area contributed by atoms with Gasteiger partial charge in [0.2, 0.25) is 0 Å². The van der Waals surface area contributed by atoms with E-state index in [1.165, 1.54) is 5.56 Å². The topological polar surface area (TPSA) is 50.4 Å². The molecule has 1 saturated heterocycles. The Bertz CT molecular complexity index is 496. The molecule has 1 aliphatic rings. The summed E-state index contributed by atoms with van der Waals surface area (Å²) in [5, 5.41) is 7.40. The van der Waals surface area contributed by atoms with E-state index in [0.717, 1.165) is 50.5 Å². The Kier molecular flexibility index (Phi) is 6.88. The molecule has 0 aromatic heterocycles. The summed E-state index contributed by atoms with van der Waals surface area (Å²) in [7, 11) is 0. The number of ether oxygens (including phenoxy) is 1. The largest absolute Gasteiger partial charge is 0.459 e. The van der Waals surface area contributed by atoms with Crippen LogP contribution in [0.4, 0.5) is 0 Å². The number of carbonyl (C=O) groups excluding carboxylic acids is 1. The van der Waals surface area contributed by atoms with Crippen molar-refractivity contribution in [2.75, 3.05) is 19.6 Å². The molecule has 0 atom stereocenters. The molecule has 1 fully saturated rings. The molecule has 1 aliphatic heterocycles. The summed E-state index contributed by atoms with van der Waals surface area (Å²) in [6.07, 6.45) is 2.55. The number of hydrogen-bond acceptors (Lipinski definition) is 4. The number of piperidine rings is 1. The molecule has 1 heterocycles. The average Bonchev–Trinajstić information content (AvgIpc) is 2.54. The second kappa shape index (κ2) is 8.67. The SMILES string of the molecule is CC(C)(CCNCc1ccc(Cl)cc1)OC(=O)C1CCNCC1. The van der Waals surface area contributed by atoms with Crippen LogP contribution in [0.25, 0.3) is 0 Å². The lowest BCUT2D eigenvalue weighted by Gasteiger charge is -2.29. The van der Waals surface area contributed by atoms with Crippen molar-refractivity contribution in [2.24, 2.45) is 5.92 Å². The van der Waals surface area contributed by atoms with Gasteiger partial charge in [0.15, 0.2) is 0 Å². The number of nitrogens with one attached hydrogen (secondary N) is 2. The zero-order valence-corrected chi connectivity index (χ0v) is 14.8. The predicted molar refractivity (Wildman–Crippen MR) is 93.5 cm³/mol. The minimum absolute atomic E-state index is 0.0470. The molecule has 1 aromatic rings. The fourth-order valence-electron chi connectivity index (χ4n) is 2.69. The van der Waals surface area contributed by atoms with E-state index < -0.39 is 5.60 Å². The van der Waals surface area contributed by atoms with Crippen molar-refractivity contribution in [3.63, 3.8) is 0 Å². The smallest absolute Gasteiger partial charge is 0.309 e. The second-order valence-corrected chi connectivity index (χ2v) is 7.19. The molecule has 23 heavy (non-hydrogen) atoms. The maximum Gasteiger partial charge on any atom is 0.309 e. The Morgan fingerprint density at radius 2 is 1.96 bits per heavy atom. The molecule has 0 spiro atoms. The first-order valence-electron chi connectivity index (χ1n) is 8.35. The first-order valence-corrected chi connectivity index (χ1v) is 8.73. The minimum atomic E-state index is -0.436. The molecule has 1 aromatic carbocycles. The molecule has 0 saturated carbocycles. The summed E-state index contributed by atoms with van der Waals surface area (Å²) < 4.78 is 5.72. The Balaban J connectivity index is 1.68. The Morgan fingerprint density at radius 3 is 2.61 bits per heavy atom. The fourth-order valence-corrected chi connectivity index (χ4v) is 2.81. The van der Waals surface area contributed by atoms with Crippen molar-refractivity contribution in [1.82, 2.24) is 10.6 Å². The molecule has 2 N–H and O–H groups in total. The number of hydrogen-bond donors (Lipinski definition) is 2. The van der Waals surface area contributed by atoms with Gasteiger partial charge in [0.05, 0.1) is 5.92 Å². The van der Waals surface area contributed by atoms with Crippen molar-refractivity contribution >= 4 is 17.6 Å². The molecule has 0 aliphatic carbocycles. The first-order chi connectivity index (χ1) is 11.0. The summed E-state index contributed by atoms with van der Waals surface area (Å²) in [4.78, 5) is 12.2. The van der Waals surface area contributed by atoms with Crippen LogP contribution in [0.3, 0.4) is 0 Å². The van der Waals surface area contributed by atoms with Gasteiger partial charge in [0.25, 0.3) is 0 Å². The minimum Gasteiger partial charge on any atom is -0.459 e. The molecule has 2 rings (SSSR count). The zero-order valence-electron chi connectivity index (χ0n) is 14.0. The van der Waals surface area contributed by atoms with Crippen LogP contribution < -0.4 is 10.6 Å². The van der Waals surface area contributed by atoms with Crippen LogP contribution in [0.1, 0.15) is 38.7 Å². The van der Waals surface area contributed by atoms with Crippen LogP contribution in [-0.4, -0.2) is 31.2 Å². The molecule has 128 valence electrons. The molecular weight excluding hydrogens is 312 g/mol. The highest BCUT2D eigenvalue weighted by molar-refractivity contribution is 6.30. The summed E-state index contributed by atoms with van der Waals surface area (Å²) in [6, 6.07) is 7.81. The van der Waals surface area contributed by atoms with Crippen LogP contribution in [0.5, 0.6) is 0 Å². The Labute approximate surface area is 143 Å². The van der Waals surface area contributed by atoms with Gasteiger partial charge in [-0.05, 0) is 70.4 Å². The monoisotopic (exact) mass is 338 g/mol. The highest BCUT2D eigenvalue weighted by Crippen LogP contribution is 2.20. The molecule has 4 nitrogen and oxygen atoms in total. The zero-order chi connectivity index (χ0) is 16.7. The highest BCUT2D eigenvalue weighted by Gasteiger charge is 2.28.